The van der Waals surface area contributed by atoms with Gasteiger partial charge in [-0.2, -0.15) is 0 Å². The minimum absolute atomic E-state index is 0.122. The lowest BCUT2D eigenvalue weighted by molar-refractivity contribution is 0.0946. The number of amides is 1. The zero-order chi connectivity index (χ0) is 16.9. The Morgan fingerprint density at radius 3 is 2.79 bits per heavy atom. The van der Waals surface area contributed by atoms with Crippen LogP contribution in [0.3, 0.4) is 0 Å². The molecule has 2 heterocycles. The van der Waals surface area contributed by atoms with Crippen LogP contribution in [0.5, 0.6) is 0 Å². The molecule has 1 fully saturated rings. The summed E-state index contributed by atoms with van der Waals surface area (Å²) in [7, 11) is 0. The highest BCUT2D eigenvalue weighted by atomic mass is 16.1. The van der Waals surface area contributed by atoms with Crippen molar-refractivity contribution in [2.75, 3.05) is 18.0 Å². The lowest BCUT2D eigenvalue weighted by atomic mass is 9.99. The van der Waals surface area contributed by atoms with Crippen LogP contribution in [0, 0.1) is 12.8 Å². The average molecular weight is 323 g/mol. The quantitative estimate of drug-likeness (QED) is 0.936. The van der Waals surface area contributed by atoms with Gasteiger partial charge < -0.3 is 10.2 Å². The van der Waals surface area contributed by atoms with Crippen LogP contribution in [0.25, 0.3) is 0 Å². The van der Waals surface area contributed by atoms with Gasteiger partial charge in [0.15, 0.2) is 0 Å². The molecule has 1 saturated heterocycles. The van der Waals surface area contributed by atoms with Crippen molar-refractivity contribution in [1.29, 1.82) is 0 Å². The highest BCUT2D eigenvalue weighted by molar-refractivity contribution is 5.93. The van der Waals surface area contributed by atoms with Gasteiger partial charge in [-0.05, 0) is 43.4 Å². The van der Waals surface area contributed by atoms with Crippen LogP contribution >= 0.6 is 0 Å². The third kappa shape index (κ3) is 4.13. The maximum atomic E-state index is 12.4. The van der Waals surface area contributed by atoms with E-state index in [-0.39, 0.29) is 5.91 Å². The number of benzene rings is 1. The molecule has 1 aliphatic rings. The topological polar surface area (TPSA) is 45.2 Å². The number of aromatic nitrogens is 1. The molecule has 1 aromatic carbocycles. The molecule has 1 N–H and O–H groups in total. The molecule has 4 nitrogen and oxygen atoms in total. The van der Waals surface area contributed by atoms with E-state index in [1.807, 2.05) is 24.3 Å². The fourth-order valence-electron chi connectivity index (χ4n) is 3.10. The molecule has 0 spiro atoms. The van der Waals surface area contributed by atoms with Crippen LogP contribution in [0.15, 0.2) is 42.6 Å². The summed E-state index contributed by atoms with van der Waals surface area (Å²) in [6.07, 6.45) is 4.14. The Morgan fingerprint density at radius 1 is 1.25 bits per heavy atom. The van der Waals surface area contributed by atoms with E-state index in [2.05, 4.69) is 41.2 Å². The van der Waals surface area contributed by atoms with Crippen molar-refractivity contribution in [1.82, 2.24) is 10.3 Å². The summed E-state index contributed by atoms with van der Waals surface area (Å²) in [5.41, 5.74) is 3.88. The summed E-state index contributed by atoms with van der Waals surface area (Å²) in [5, 5.41) is 2.96. The molecule has 0 unspecified atom stereocenters. The van der Waals surface area contributed by atoms with Crippen LogP contribution in [0.2, 0.25) is 0 Å². The van der Waals surface area contributed by atoms with Crippen molar-refractivity contribution in [3.63, 3.8) is 0 Å². The molecule has 3 rings (SSSR count). The highest BCUT2D eigenvalue weighted by Crippen LogP contribution is 2.23. The fraction of sp³-hybridized carbons (Fsp3) is 0.400. The van der Waals surface area contributed by atoms with Crippen LogP contribution in [0.1, 0.15) is 41.4 Å². The Labute approximate surface area is 143 Å². The van der Waals surface area contributed by atoms with E-state index in [9.17, 15) is 4.79 Å². The van der Waals surface area contributed by atoms with Crippen molar-refractivity contribution >= 4 is 11.6 Å². The van der Waals surface area contributed by atoms with Crippen LogP contribution < -0.4 is 10.2 Å². The predicted octanol–water partition coefficient (Wildman–Crippen LogP) is 3.56. The molecule has 126 valence electrons. The van der Waals surface area contributed by atoms with Gasteiger partial charge in [0.1, 0.15) is 5.69 Å². The van der Waals surface area contributed by atoms with Gasteiger partial charge >= 0.3 is 0 Å². The Morgan fingerprint density at radius 2 is 2.04 bits per heavy atom. The number of carbonyl (C=O) groups excluding carboxylic acids is 1. The van der Waals surface area contributed by atoms with Crippen LogP contribution in [-0.4, -0.2) is 24.0 Å². The van der Waals surface area contributed by atoms with Crippen molar-refractivity contribution in [2.24, 2.45) is 5.92 Å². The van der Waals surface area contributed by atoms with E-state index in [4.69, 9.17) is 0 Å². The number of hydrogen-bond acceptors (Lipinski definition) is 3. The van der Waals surface area contributed by atoms with E-state index in [1.54, 1.807) is 6.20 Å². The zero-order valence-corrected chi connectivity index (χ0v) is 14.5. The number of rotatable bonds is 4. The number of nitrogens with zero attached hydrogens (tertiary/aromatic N) is 2. The Kier molecular flexibility index (Phi) is 5.14. The fourth-order valence-corrected chi connectivity index (χ4v) is 3.10. The van der Waals surface area contributed by atoms with Gasteiger partial charge in [0, 0.05) is 31.5 Å². The van der Waals surface area contributed by atoms with Gasteiger partial charge in [0.25, 0.3) is 5.91 Å². The van der Waals surface area contributed by atoms with Crippen LogP contribution in [-0.2, 0) is 6.54 Å². The first-order valence-electron chi connectivity index (χ1n) is 8.66. The summed E-state index contributed by atoms with van der Waals surface area (Å²) in [4.78, 5) is 19.0. The summed E-state index contributed by atoms with van der Waals surface area (Å²) < 4.78 is 0. The first-order chi connectivity index (χ1) is 11.6. The Bertz CT molecular complexity index is 706. The summed E-state index contributed by atoms with van der Waals surface area (Å²) in [6.45, 7) is 6.97. The maximum Gasteiger partial charge on any atom is 0.270 e. The SMILES string of the molecule is Cc1cccc(CNC(=O)c2cc(N3CCC(C)CC3)ccn2)c1. The lowest BCUT2D eigenvalue weighted by Gasteiger charge is -2.32. The van der Waals surface area contributed by atoms with E-state index in [1.165, 1.54) is 18.4 Å². The molecule has 2 aromatic rings. The summed E-state index contributed by atoms with van der Waals surface area (Å²) >= 11 is 0. The van der Waals surface area contributed by atoms with Crippen molar-refractivity contribution in [2.45, 2.75) is 33.2 Å². The minimum Gasteiger partial charge on any atom is -0.371 e. The molecule has 1 aromatic heterocycles. The average Bonchev–Trinajstić information content (AvgIpc) is 2.60. The monoisotopic (exact) mass is 323 g/mol. The molecule has 1 amide bonds. The van der Waals surface area contributed by atoms with E-state index in [0.29, 0.717) is 12.2 Å². The second-order valence-electron chi connectivity index (χ2n) is 6.74. The number of carbonyl (C=O) groups is 1. The lowest BCUT2D eigenvalue weighted by Crippen LogP contribution is -2.33. The normalized spacial score (nSPS) is 15.3. The van der Waals surface area contributed by atoms with E-state index in [0.717, 1.165) is 30.3 Å². The molecule has 0 radical (unpaired) electrons. The first-order valence-corrected chi connectivity index (χ1v) is 8.66. The van der Waals surface area contributed by atoms with Gasteiger partial charge in [-0.25, -0.2) is 0 Å². The maximum absolute atomic E-state index is 12.4. The van der Waals surface area contributed by atoms with Gasteiger partial charge in [-0.3, -0.25) is 9.78 Å². The molecule has 4 heteroatoms. The Hall–Kier alpha value is -2.36. The summed E-state index contributed by atoms with van der Waals surface area (Å²) in [5.74, 6) is 0.670. The van der Waals surface area contributed by atoms with E-state index < -0.39 is 0 Å². The Balaban J connectivity index is 1.63. The minimum atomic E-state index is -0.122. The molecular formula is C20H25N3O. The predicted molar refractivity (Wildman–Crippen MR) is 97.2 cm³/mol. The molecule has 0 aliphatic carbocycles. The molecule has 0 saturated carbocycles. The summed E-state index contributed by atoms with van der Waals surface area (Å²) in [6, 6.07) is 12.1. The smallest absolute Gasteiger partial charge is 0.270 e. The highest BCUT2D eigenvalue weighted by Gasteiger charge is 2.17. The standard InChI is InChI=1S/C20H25N3O/c1-15-7-10-23(11-8-15)18-6-9-21-19(13-18)20(24)22-14-17-5-3-4-16(2)12-17/h3-6,9,12-13,15H,7-8,10-11,14H2,1-2H3,(H,22,24). The number of hydrogen-bond donors (Lipinski definition) is 1. The van der Waals surface area contributed by atoms with E-state index >= 15 is 0 Å². The number of anilines is 1. The second-order valence-corrected chi connectivity index (χ2v) is 6.74. The van der Waals surface area contributed by atoms with Gasteiger partial charge in [-0.1, -0.05) is 36.8 Å². The third-order valence-electron chi connectivity index (χ3n) is 4.66. The number of pyridine rings is 1. The number of nitrogens with one attached hydrogen (secondary N) is 1. The third-order valence-corrected chi connectivity index (χ3v) is 4.66. The van der Waals surface area contributed by atoms with Crippen molar-refractivity contribution < 1.29 is 4.79 Å². The molecule has 1 aliphatic heterocycles. The molecule has 0 atom stereocenters. The molecule has 0 bridgehead atoms. The molecule has 24 heavy (non-hydrogen) atoms. The first kappa shape index (κ1) is 16.5. The number of piperidine rings is 1. The molecular weight excluding hydrogens is 298 g/mol. The van der Waals surface area contributed by atoms with Gasteiger partial charge in [-0.15, -0.1) is 0 Å². The number of aryl methyl sites for hydroxylation is 1. The second kappa shape index (κ2) is 7.47. The van der Waals surface area contributed by atoms with Gasteiger partial charge in [0.2, 0.25) is 0 Å². The van der Waals surface area contributed by atoms with Crippen molar-refractivity contribution in [3.05, 3.63) is 59.4 Å². The van der Waals surface area contributed by atoms with Crippen LogP contribution in [0.4, 0.5) is 5.69 Å². The largest absolute Gasteiger partial charge is 0.371 e. The van der Waals surface area contributed by atoms with Crippen molar-refractivity contribution in [3.8, 4) is 0 Å². The zero-order valence-electron chi connectivity index (χ0n) is 14.5. The van der Waals surface area contributed by atoms with Gasteiger partial charge in [0.05, 0.1) is 0 Å².